The Bertz CT molecular complexity index is 451. The zero-order valence-electron chi connectivity index (χ0n) is 11.0. The van der Waals surface area contributed by atoms with Gasteiger partial charge in [-0.15, -0.1) is 0 Å². The lowest BCUT2D eigenvalue weighted by Gasteiger charge is -2.32. The van der Waals surface area contributed by atoms with E-state index < -0.39 is 0 Å². The van der Waals surface area contributed by atoms with Crippen LogP contribution in [-0.4, -0.2) is 48.0 Å². The Balaban J connectivity index is 2.35. The molecule has 0 aliphatic carbocycles. The summed E-state index contributed by atoms with van der Waals surface area (Å²) in [6.45, 7) is 0. The molecule has 0 aromatic carbocycles. The number of carbonyl (C=O) groups excluding carboxylic acids is 1. The Morgan fingerprint density at radius 2 is 2.11 bits per heavy atom. The van der Waals surface area contributed by atoms with E-state index >= 15 is 0 Å². The minimum Gasteiger partial charge on any atom is -0.373 e. The summed E-state index contributed by atoms with van der Waals surface area (Å²) in [5, 5.41) is 0.164. The molecule has 0 radical (unpaired) electrons. The first kappa shape index (κ1) is 14.4. The Kier molecular flexibility index (Phi) is 4.87. The number of anilines is 2. The summed E-state index contributed by atoms with van der Waals surface area (Å²) in [5.74, 6) is 2.74. The summed E-state index contributed by atoms with van der Waals surface area (Å²) in [7, 11) is 3.80. The van der Waals surface area contributed by atoms with E-state index in [1.807, 2.05) is 30.8 Å². The Labute approximate surface area is 122 Å². The zero-order valence-corrected chi connectivity index (χ0v) is 12.6. The predicted octanol–water partition coefficient (Wildman–Crippen LogP) is 2.05. The standard InChI is InChI=1S/C12H17ClN4OS/c1-16(2)10-7-14-12(13)15-11(10)17(8-18)9-3-5-19-6-4-9/h7-9H,3-6H2,1-2H3. The van der Waals surface area contributed by atoms with Gasteiger partial charge in [0.05, 0.1) is 11.9 Å². The third-order valence-corrected chi connectivity index (χ3v) is 4.38. The number of nitrogens with zero attached hydrogens (tertiary/aromatic N) is 4. The minimum atomic E-state index is 0.164. The fraction of sp³-hybridized carbons (Fsp3) is 0.583. The molecule has 1 saturated heterocycles. The molecule has 2 heterocycles. The minimum absolute atomic E-state index is 0.164. The van der Waals surface area contributed by atoms with Crippen LogP contribution in [0.2, 0.25) is 5.28 Å². The van der Waals surface area contributed by atoms with E-state index in [2.05, 4.69) is 9.97 Å². The first-order valence-corrected chi connectivity index (χ1v) is 7.68. The molecule has 1 aromatic rings. The number of thioether (sulfide) groups is 1. The average Bonchev–Trinajstić information content (AvgIpc) is 2.40. The van der Waals surface area contributed by atoms with Crippen molar-refractivity contribution in [2.75, 3.05) is 35.4 Å². The Hall–Kier alpha value is -1.01. The Morgan fingerprint density at radius 3 is 2.68 bits per heavy atom. The van der Waals surface area contributed by atoms with Crippen molar-refractivity contribution in [2.45, 2.75) is 18.9 Å². The molecular formula is C12H17ClN4OS. The fourth-order valence-corrected chi connectivity index (χ4v) is 3.33. The van der Waals surface area contributed by atoms with Gasteiger partial charge in [-0.1, -0.05) is 0 Å². The first-order valence-electron chi connectivity index (χ1n) is 6.14. The van der Waals surface area contributed by atoms with E-state index in [4.69, 9.17) is 11.6 Å². The maximum atomic E-state index is 11.5. The number of carbonyl (C=O) groups is 1. The monoisotopic (exact) mass is 300 g/mol. The number of amides is 1. The topological polar surface area (TPSA) is 49.3 Å². The number of hydrogen-bond acceptors (Lipinski definition) is 5. The van der Waals surface area contributed by atoms with Gasteiger partial charge >= 0.3 is 0 Å². The summed E-state index contributed by atoms with van der Waals surface area (Å²) >= 11 is 7.80. The van der Waals surface area contributed by atoms with Crippen molar-refractivity contribution in [1.29, 1.82) is 0 Å². The highest BCUT2D eigenvalue weighted by Gasteiger charge is 2.25. The van der Waals surface area contributed by atoms with E-state index in [0.29, 0.717) is 5.82 Å². The number of rotatable bonds is 4. The summed E-state index contributed by atoms with van der Waals surface area (Å²) < 4.78 is 0. The second-order valence-electron chi connectivity index (χ2n) is 4.60. The number of halogens is 1. The second-order valence-corrected chi connectivity index (χ2v) is 6.16. The maximum absolute atomic E-state index is 11.5. The molecule has 104 valence electrons. The van der Waals surface area contributed by atoms with Crippen LogP contribution in [0.4, 0.5) is 11.5 Å². The molecule has 0 N–H and O–H groups in total. The highest BCUT2D eigenvalue weighted by Crippen LogP contribution is 2.30. The van der Waals surface area contributed by atoms with Gasteiger partial charge in [0.15, 0.2) is 5.82 Å². The third kappa shape index (κ3) is 3.30. The molecule has 0 unspecified atom stereocenters. The lowest BCUT2D eigenvalue weighted by molar-refractivity contribution is -0.107. The number of aromatic nitrogens is 2. The van der Waals surface area contributed by atoms with Gasteiger partial charge in [0.25, 0.3) is 0 Å². The predicted molar refractivity (Wildman–Crippen MR) is 80.3 cm³/mol. The van der Waals surface area contributed by atoms with Crippen molar-refractivity contribution >= 4 is 41.3 Å². The van der Waals surface area contributed by atoms with Gasteiger partial charge in [0, 0.05) is 20.1 Å². The normalized spacial score (nSPS) is 16.2. The quantitative estimate of drug-likeness (QED) is 0.629. The highest BCUT2D eigenvalue weighted by atomic mass is 35.5. The van der Waals surface area contributed by atoms with Crippen LogP contribution in [0.5, 0.6) is 0 Å². The van der Waals surface area contributed by atoms with Crippen LogP contribution in [0.25, 0.3) is 0 Å². The molecule has 1 fully saturated rings. The van der Waals surface area contributed by atoms with Gasteiger partial charge in [0.1, 0.15) is 0 Å². The van der Waals surface area contributed by atoms with Gasteiger partial charge in [-0.05, 0) is 35.9 Å². The van der Waals surface area contributed by atoms with Gasteiger partial charge in [-0.25, -0.2) is 4.98 Å². The van der Waals surface area contributed by atoms with Crippen LogP contribution in [-0.2, 0) is 4.79 Å². The summed E-state index contributed by atoms with van der Waals surface area (Å²) in [4.78, 5) is 23.3. The smallest absolute Gasteiger partial charge is 0.224 e. The third-order valence-electron chi connectivity index (χ3n) is 3.14. The van der Waals surface area contributed by atoms with Gasteiger partial charge in [0.2, 0.25) is 11.7 Å². The van der Waals surface area contributed by atoms with Crippen molar-refractivity contribution < 1.29 is 4.79 Å². The summed E-state index contributed by atoms with van der Waals surface area (Å²) in [5.41, 5.74) is 0.801. The van der Waals surface area contributed by atoms with E-state index in [-0.39, 0.29) is 11.3 Å². The van der Waals surface area contributed by atoms with E-state index in [9.17, 15) is 4.79 Å². The van der Waals surface area contributed by atoms with Crippen LogP contribution >= 0.6 is 23.4 Å². The van der Waals surface area contributed by atoms with Crippen LogP contribution in [0.15, 0.2) is 6.20 Å². The molecule has 19 heavy (non-hydrogen) atoms. The van der Waals surface area contributed by atoms with Crippen LogP contribution in [0.1, 0.15) is 12.8 Å². The number of hydrogen-bond donors (Lipinski definition) is 0. The molecule has 1 amide bonds. The molecule has 2 rings (SSSR count). The van der Waals surface area contributed by atoms with Crippen molar-refractivity contribution in [1.82, 2.24) is 9.97 Å². The van der Waals surface area contributed by atoms with Crippen molar-refractivity contribution in [2.24, 2.45) is 0 Å². The molecule has 1 aromatic heterocycles. The van der Waals surface area contributed by atoms with Crippen molar-refractivity contribution in [3.05, 3.63) is 11.5 Å². The van der Waals surface area contributed by atoms with Crippen molar-refractivity contribution in [3.8, 4) is 0 Å². The Morgan fingerprint density at radius 1 is 1.42 bits per heavy atom. The summed E-state index contributed by atoms with van der Waals surface area (Å²) in [6.07, 6.45) is 4.47. The zero-order chi connectivity index (χ0) is 13.8. The molecule has 0 spiro atoms. The molecule has 5 nitrogen and oxygen atoms in total. The SMILES string of the molecule is CN(C)c1cnc(Cl)nc1N(C=O)C1CCSCC1. The molecular weight excluding hydrogens is 284 g/mol. The lowest BCUT2D eigenvalue weighted by atomic mass is 10.1. The molecule has 0 atom stereocenters. The summed E-state index contributed by atoms with van der Waals surface area (Å²) in [6, 6.07) is 0.198. The van der Waals surface area contributed by atoms with Crippen LogP contribution < -0.4 is 9.80 Å². The highest BCUT2D eigenvalue weighted by molar-refractivity contribution is 7.99. The van der Waals surface area contributed by atoms with Gasteiger partial charge in [-0.3, -0.25) is 9.69 Å². The fourth-order valence-electron chi connectivity index (χ4n) is 2.12. The first-order chi connectivity index (χ1) is 9.13. The van der Waals surface area contributed by atoms with Gasteiger partial charge < -0.3 is 4.90 Å². The van der Waals surface area contributed by atoms with E-state index in [1.54, 1.807) is 11.1 Å². The van der Waals surface area contributed by atoms with Crippen LogP contribution in [0, 0.1) is 0 Å². The van der Waals surface area contributed by atoms with E-state index in [1.165, 1.54) is 0 Å². The molecule has 7 heteroatoms. The second kappa shape index (κ2) is 6.43. The molecule has 0 bridgehead atoms. The van der Waals surface area contributed by atoms with E-state index in [0.717, 1.165) is 36.4 Å². The molecule has 1 aliphatic rings. The van der Waals surface area contributed by atoms with Gasteiger partial charge in [-0.2, -0.15) is 16.7 Å². The average molecular weight is 301 g/mol. The lowest BCUT2D eigenvalue weighted by Crippen LogP contribution is -2.38. The van der Waals surface area contributed by atoms with Crippen molar-refractivity contribution in [3.63, 3.8) is 0 Å². The molecule has 0 saturated carbocycles. The maximum Gasteiger partial charge on any atom is 0.224 e. The largest absolute Gasteiger partial charge is 0.373 e. The molecule has 1 aliphatic heterocycles. The van der Waals surface area contributed by atoms with Crippen LogP contribution in [0.3, 0.4) is 0 Å².